The van der Waals surface area contributed by atoms with Crippen LogP contribution in [0.3, 0.4) is 0 Å². The second kappa shape index (κ2) is 8.59. The zero-order valence-electron chi connectivity index (χ0n) is 15.4. The van der Waals surface area contributed by atoms with E-state index in [0.717, 1.165) is 37.6 Å². The largest absolute Gasteiger partial charge is 0.354 e. The van der Waals surface area contributed by atoms with Gasteiger partial charge in [-0.15, -0.1) is 0 Å². The van der Waals surface area contributed by atoms with E-state index in [1.807, 2.05) is 6.07 Å². The van der Waals surface area contributed by atoms with E-state index < -0.39 is 0 Å². The third-order valence-electron chi connectivity index (χ3n) is 4.30. The molecule has 0 bridgehead atoms. The molecule has 5 N–H and O–H groups in total. The summed E-state index contributed by atoms with van der Waals surface area (Å²) >= 11 is 12.6. The average molecular weight is 432 g/mol. The Morgan fingerprint density at radius 3 is 1.97 bits per heavy atom. The minimum absolute atomic E-state index is 0.325. The predicted octanol–water partition coefficient (Wildman–Crippen LogP) is 2.99. The molecule has 4 rings (SSSR count). The fourth-order valence-electron chi connectivity index (χ4n) is 2.90. The molecule has 2 aliphatic rings. The zero-order chi connectivity index (χ0) is 20.2. The summed E-state index contributed by atoms with van der Waals surface area (Å²) < 4.78 is 0. The Morgan fingerprint density at radius 2 is 1.45 bits per heavy atom. The van der Waals surface area contributed by atoms with Gasteiger partial charge in [-0.05, 0) is 36.4 Å². The van der Waals surface area contributed by atoms with Crippen LogP contribution in [0.4, 0.5) is 17.1 Å². The molecule has 0 saturated heterocycles. The molecule has 0 aliphatic carbocycles. The minimum atomic E-state index is -0.345. The normalized spacial score (nSPS) is 15.1. The highest BCUT2D eigenvalue weighted by Gasteiger charge is 2.14. The fourth-order valence-corrected chi connectivity index (χ4v) is 3.39. The minimum Gasteiger partial charge on any atom is -0.354 e. The number of nitrogens with zero attached hydrogens (tertiary/aromatic N) is 2. The Balaban J connectivity index is 1.43. The molecule has 0 unspecified atom stereocenters. The monoisotopic (exact) mass is 431 g/mol. The second-order valence-corrected chi connectivity index (χ2v) is 7.22. The molecule has 2 aliphatic heterocycles. The van der Waals surface area contributed by atoms with E-state index in [1.54, 1.807) is 30.3 Å². The van der Waals surface area contributed by atoms with Crippen LogP contribution in [0.15, 0.2) is 46.4 Å². The number of hydrogen-bond donors (Lipinski definition) is 5. The van der Waals surface area contributed by atoms with Gasteiger partial charge in [-0.2, -0.15) is 0 Å². The van der Waals surface area contributed by atoms with Gasteiger partial charge in [0.1, 0.15) is 0 Å². The second-order valence-electron chi connectivity index (χ2n) is 6.41. The van der Waals surface area contributed by atoms with Crippen molar-refractivity contribution in [3.8, 4) is 0 Å². The number of aliphatic imine (C=N–C) groups is 2. The van der Waals surface area contributed by atoms with Crippen molar-refractivity contribution in [1.29, 1.82) is 0 Å². The van der Waals surface area contributed by atoms with Crippen molar-refractivity contribution in [2.45, 2.75) is 0 Å². The van der Waals surface area contributed by atoms with Gasteiger partial charge in [0.2, 0.25) is 0 Å². The van der Waals surface area contributed by atoms with E-state index in [-0.39, 0.29) is 5.91 Å². The quantitative estimate of drug-likeness (QED) is 0.512. The molecule has 1 amide bonds. The summed E-state index contributed by atoms with van der Waals surface area (Å²) in [6, 6.07) is 10.4. The molecule has 0 saturated carbocycles. The van der Waals surface area contributed by atoms with Crippen LogP contribution in [0.2, 0.25) is 10.0 Å². The standard InChI is InChI=1S/C19H19Cl2N7O/c20-14-9-11(26-18-22-5-6-23-18)1-3-13(14)17(29)28-16-4-2-12(10-15(16)21)27-19-24-7-8-25-19/h1-4,9-10H,5-8H2,(H,28,29)(H2,22,23,26)(H2,24,25,27). The first-order valence-corrected chi connectivity index (χ1v) is 9.85. The van der Waals surface area contributed by atoms with Gasteiger partial charge in [0.05, 0.1) is 34.4 Å². The molecule has 0 radical (unpaired) electrons. The lowest BCUT2D eigenvalue weighted by Gasteiger charge is -2.12. The van der Waals surface area contributed by atoms with Crippen molar-refractivity contribution in [2.24, 2.45) is 9.98 Å². The van der Waals surface area contributed by atoms with Gasteiger partial charge in [-0.1, -0.05) is 23.2 Å². The lowest BCUT2D eigenvalue weighted by Crippen LogP contribution is -2.26. The summed E-state index contributed by atoms with van der Waals surface area (Å²) in [4.78, 5) is 21.2. The van der Waals surface area contributed by atoms with Gasteiger partial charge in [-0.3, -0.25) is 14.8 Å². The molecule has 2 aromatic rings. The Bertz CT molecular complexity index is 1010. The summed E-state index contributed by atoms with van der Waals surface area (Å²) in [5, 5.41) is 16.0. The van der Waals surface area contributed by atoms with E-state index in [9.17, 15) is 4.79 Å². The van der Waals surface area contributed by atoms with Gasteiger partial charge in [-0.25, -0.2) is 0 Å². The number of guanidine groups is 2. The molecule has 150 valence electrons. The lowest BCUT2D eigenvalue weighted by atomic mass is 10.2. The van der Waals surface area contributed by atoms with Crippen molar-refractivity contribution in [1.82, 2.24) is 10.6 Å². The Morgan fingerprint density at radius 1 is 0.862 bits per heavy atom. The third kappa shape index (κ3) is 4.72. The van der Waals surface area contributed by atoms with E-state index in [0.29, 0.717) is 33.2 Å². The number of anilines is 3. The van der Waals surface area contributed by atoms with E-state index >= 15 is 0 Å². The summed E-state index contributed by atoms with van der Waals surface area (Å²) in [7, 11) is 0. The fraction of sp³-hybridized carbons (Fsp3) is 0.211. The lowest BCUT2D eigenvalue weighted by molar-refractivity contribution is 0.102. The summed E-state index contributed by atoms with van der Waals surface area (Å²) in [6.45, 7) is 3.08. The Labute approximate surface area is 177 Å². The molecule has 0 spiro atoms. The molecule has 8 nitrogen and oxygen atoms in total. The summed E-state index contributed by atoms with van der Waals surface area (Å²) in [6.07, 6.45) is 0. The first-order chi connectivity index (χ1) is 14.1. The maximum Gasteiger partial charge on any atom is 0.257 e. The average Bonchev–Trinajstić information content (AvgIpc) is 3.38. The number of carbonyl (C=O) groups is 1. The molecule has 0 fully saturated rings. The van der Waals surface area contributed by atoms with Gasteiger partial charge in [0.15, 0.2) is 11.9 Å². The maximum atomic E-state index is 12.7. The number of benzene rings is 2. The van der Waals surface area contributed by atoms with Crippen LogP contribution < -0.4 is 26.6 Å². The van der Waals surface area contributed by atoms with Gasteiger partial charge in [0, 0.05) is 24.5 Å². The van der Waals surface area contributed by atoms with Crippen LogP contribution in [-0.4, -0.2) is 44.0 Å². The molecule has 2 heterocycles. The molecule has 29 heavy (non-hydrogen) atoms. The number of halogens is 2. The maximum absolute atomic E-state index is 12.7. The summed E-state index contributed by atoms with van der Waals surface area (Å²) in [5.41, 5.74) is 2.36. The van der Waals surface area contributed by atoms with Crippen LogP contribution in [0.1, 0.15) is 10.4 Å². The molecular weight excluding hydrogens is 413 g/mol. The summed E-state index contributed by atoms with van der Waals surface area (Å²) in [5.74, 6) is 1.05. The molecule has 0 atom stereocenters. The first kappa shape index (κ1) is 19.4. The van der Waals surface area contributed by atoms with Crippen LogP contribution >= 0.6 is 23.2 Å². The van der Waals surface area contributed by atoms with E-state index in [4.69, 9.17) is 23.2 Å². The number of carbonyl (C=O) groups excluding carboxylic acids is 1. The molecular formula is C19H19Cl2N7O. The zero-order valence-corrected chi connectivity index (χ0v) is 16.9. The van der Waals surface area contributed by atoms with Crippen molar-refractivity contribution in [3.05, 3.63) is 52.0 Å². The number of hydrogen-bond acceptors (Lipinski definition) is 7. The number of nitrogens with one attached hydrogen (secondary N) is 5. The molecule has 0 aromatic heterocycles. The predicted molar refractivity (Wildman–Crippen MR) is 119 cm³/mol. The smallest absolute Gasteiger partial charge is 0.257 e. The van der Waals surface area contributed by atoms with Crippen molar-refractivity contribution in [3.63, 3.8) is 0 Å². The first-order valence-electron chi connectivity index (χ1n) is 9.09. The number of rotatable bonds is 4. The van der Waals surface area contributed by atoms with Crippen LogP contribution in [-0.2, 0) is 0 Å². The molecule has 2 aromatic carbocycles. The molecule has 10 heteroatoms. The van der Waals surface area contributed by atoms with Gasteiger partial charge < -0.3 is 26.6 Å². The Kier molecular flexibility index (Phi) is 5.73. The van der Waals surface area contributed by atoms with E-state index in [1.165, 1.54) is 0 Å². The van der Waals surface area contributed by atoms with E-state index in [2.05, 4.69) is 36.6 Å². The van der Waals surface area contributed by atoms with Gasteiger partial charge >= 0.3 is 0 Å². The highest BCUT2D eigenvalue weighted by Crippen LogP contribution is 2.28. The van der Waals surface area contributed by atoms with Crippen molar-refractivity contribution in [2.75, 3.05) is 42.1 Å². The third-order valence-corrected chi connectivity index (χ3v) is 4.93. The highest BCUT2D eigenvalue weighted by molar-refractivity contribution is 6.36. The highest BCUT2D eigenvalue weighted by atomic mass is 35.5. The van der Waals surface area contributed by atoms with Gasteiger partial charge in [0.25, 0.3) is 5.91 Å². The SMILES string of the molecule is O=C(Nc1ccc(NC2=NCCN2)cc1Cl)c1ccc(NC2=NCCN2)cc1Cl. The van der Waals surface area contributed by atoms with Crippen molar-refractivity contribution >= 4 is 58.1 Å². The number of amides is 1. The Hall–Kier alpha value is -2.97. The topological polar surface area (TPSA) is 102 Å². The van der Waals surface area contributed by atoms with Crippen LogP contribution in [0.5, 0.6) is 0 Å². The van der Waals surface area contributed by atoms with Crippen LogP contribution in [0.25, 0.3) is 0 Å². The van der Waals surface area contributed by atoms with Crippen LogP contribution in [0, 0.1) is 0 Å². The van der Waals surface area contributed by atoms with Crippen molar-refractivity contribution < 1.29 is 4.79 Å².